The molecule has 0 spiro atoms. The van der Waals surface area contributed by atoms with Crippen molar-refractivity contribution in [1.82, 2.24) is 0 Å². The molecule has 0 amide bonds. The molecule has 4 bridgehead atoms. The highest BCUT2D eigenvalue weighted by Crippen LogP contribution is 2.47. The van der Waals surface area contributed by atoms with Crippen LogP contribution in [-0.4, -0.2) is 0 Å². The van der Waals surface area contributed by atoms with Gasteiger partial charge in [0.2, 0.25) is 0 Å². The maximum atomic E-state index is 16.1. The third kappa shape index (κ3) is 6.85. The number of aryl methyl sites for hydroxylation is 12. The van der Waals surface area contributed by atoms with Gasteiger partial charge in [0.25, 0.3) is 0 Å². The van der Waals surface area contributed by atoms with Crippen LogP contribution in [0.2, 0.25) is 0 Å². The zero-order valence-electron chi connectivity index (χ0n) is 31.9. The molecule has 264 valence electrons. The molecule has 4 heteroatoms. The summed E-state index contributed by atoms with van der Waals surface area (Å²) in [5.41, 5.74) is 13.5. The first-order chi connectivity index (χ1) is 24.7. The third-order valence-corrected chi connectivity index (χ3v) is 16.8. The molecular formula is C48H50O2P2. The fraction of sp³-hybridized carbons (Fsp3) is 0.250. The Bertz CT molecular complexity index is 2100. The van der Waals surface area contributed by atoms with Crippen molar-refractivity contribution in [1.29, 1.82) is 0 Å². The first-order valence-electron chi connectivity index (χ1n) is 18.5. The summed E-state index contributed by atoms with van der Waals surface area (Å²) in [6.07, 6.45) is 2.95. The fourth-order valence-corrected chi connectivity index (χ4v) is 15.2. The minimum absolute atomic E-state index is 0.728. The van der Waals surface area contributed by atoms with E-state index in [0.717, 1.165) is 124 Å². The number of rotatable bonds is 6. The molecule has 6 aromatic carbocycles. The lowest BCUT2D eigenvalue weighted by Gasteiger charge is -2.27. The van der Waals surface area contributed by atoms with E-state index < -0.39 is 14.3 Å². The van der Waals surface area contributed by atoms with E-state index >= 15 is 9.13 Å². The van der Waals surface area contributed by atoms with E-state index in [1.807, 2.05) is 0 Å². The molecule has 0 aliphatic heterocycles. The molecule has 52 heavy (non-hydrogen) atoms. The normalized spacial score (nSPS) is 13.2. The van der Waals surface area contributed by atoms with E-state index in [1.54, 1.807) is 0 Å². The quantitative estimate of drug-likeness (QED) is 0.161. The molecule has 4 aliphatic rings. The monoisotopic (exact) mass is 720 g/mol. The average Bonchev–Trinajstić information content (AvgIpc) is 3.06. The topological polar surface area (TPSA) is 34.1 Å². The fourth-order valence-electron chi connectivity index (χ4n) is 8.48. The van der Waals surface area contributed by atoms with Crippen LogP contribution < -0.4 is 31.8 Å². The summed E-state index contributed by atoms with van der Waals surface area (Å²) in [4.78, 5) is 0. The summed E-state index contributed by atoms with van der Waals surface area (Å²) < 4.78 is 32.3. The van der Waals surface area contributed by atoms with Crippen LogP contribution in [0.3, 0.4) is 0 Å². The van der Waals surface area contributed by atoms with Crippen LogP contribution in [0, 0.1) is 55.4 Å². The van der Waals surface area contributed by atoms with Gasteiger partial charge in [0.1, 0.15) is 0 Å². The molecule has 2 nitrogen and oxygen atoms in total. The van der Waals surface area contributed by atoms with Crippen LogP contribution in [0.5, 0.6) is 0 Å². The van der Waals surface area contributed by atoms with Crippen molar-refractivity contribution in [2.75, 3.05) is 0 Å². The van der Waals surface area contributed by atoms with E-state index in [-0.39, 0.29) is 0 Å². The zero-order chi connectivity index (χ0) is 36.9. The molecular weight excluding hydrogens is 670 g/mol. The minimum atomic E-state index is -3.25. The van der Waals surface area contributed by atoms with Crippen molar-refractivity contribution in [3.8, 4) is 0 Å². The zero-order valence-corrected chi connectivity index (χ0v) is 33.7. The molecule has 0 unspecified atom stereocenters. The van der Waals surface area contributed by atoms with E-state index in [2.05, 4.69) is 165 Å². The molecule has 4 aliphatic carbocycles. The second-order valence-electron chi connectivity index (χ2n) is 15.5. The van der Waals surface area contributed by atoms with Crippen LogP contribution in [-0.2, 0) is 34.8 Å². The summed E-state index contributed by atoms with van der Waals surface area (Å²) in [5, 5.41) is 5.49. The lowest BCUT2D eigenvalue weighted by Crippen LogP contribution is -2.30. The van der Waals surface area contributed by atoms with Crippen molar-refractivity contribution in [2.24, 2.45) is 0 Å². The van der Waals surface area contributed by atoms with Gasteiger partial charge in [-0.05, 0) is 164 Å². The SMILES string of the molecule is Cc1cc(C)cc(P(=O)(c2cc(C)cc(C)c2)c2cc3ccc2CCc2ccc(c(P(=O)(c4cc(C)cc(C)c4)c4cc(C)cc(C)c4)c2)CC3)c1. The molecule has 0 radical (unpaired) electrons. The predicted octanol–water partition coefficient (Wildman–Crippen LogP) is 9.32. The Morgan fingerprint density at radius 1 is 0.327 bits per heavy atom. The maximum absolute atomic E-state index is 16.1. The first kappa shape index (κ1) is 36.2. The molecule has 0 atom stereocenters. The van der Waals surface area contributed by atoms with Gasteiger partial charge in [0, 0.05) is 31.8 Å². The summed E-state index contributed by atoms with van der Waals surface area (Å²) >= 11 is 0. The Morgan fingerprint density at radius 3 is 0.827 bits per heavy atom. The average molecular weight is 721 g/mol. The van der Waals surface area contributed by atoms with Gasteiger partial charge in [-0.15, -0.1) is 0 Å². The summed E-state index contributed by atoms with van der Waals surface area (Å²) in [6.45, 7) is 16.8. The molecule has 0 saturated heterocycles. The molecule has 0 heterocycles. The van der Waals surface area contributed by atoms with Crippen LogP contribution in [0.25, 0.3) is 0 Å². The van der Waals surface area contributed by atoms with Crippen molar-refractivity contribution >= 4 is 46.1 Å². The summed E-state index contributed by atoms with van der Waals surface area (Å²) in [6, 6.07) is 39.1. The summed E-state index contributed by atoms with van der Waals surface area (Å²) in [5.74, 6) is 0. The molecule has 0 fully saturated rings. The van der Waals surface area contributed by atoms with E-state index in [0.29, 0.717) is 0 Å². The first-order valence-corrected chi connectivity index (χ1v) is 21.9. The Kier molecular flexibility index (Phi) is 9.71. The largest absolute Gasteiger partial charge is 0.309 e. The molecule has 0 saturated carbocycles. The van der Waals surface area contributed by atoms with Gasteiger partial charge in [-0.25, -0.2) is 0 Å². The second kappa shape index (κ2) is 14.0. The minimum Gasteiger partial charge on any atom is -0.309 e. The standard InChI is InChI=1S/C48H50O2P2/c1-31-17-32(2)22-43(21-31)51(49,44-23-33(3)18-34(4)24-44)47-29-39-9-13-41(47)15-11-40-10-14-42(16-12-39)48(30-40)52(50,45-25-35(5)19-36(6)26-45)46-27-37(7)20-38(8)28-46/h9-10,13-14,17-30H,11-12,15-16H2,1-8H3. The number of hydrogen-bond acceptors (Lipinski definition) is 2. The lowest BCUT2D eigenvalue weighted by atomic mass is 9.96. The van der Waals surface area contributed by atoms with Crippen LogP contribution in [0.4, 0.5) is 0 Å². The second-order valence-corrected chi connectivity index (χ2v) is 21.0. The van der Waals surface area contributed by atoms with Crippen molar-refractivity contribution in [3.63, 3.8) is 0 Å². The van der Waals surface area contributed by atoms with Crippen LogP contribution in [0.1, 0.15) is 66.8 Å². The van der Waals surface area contributed by atoms with E-state index in [4.69, 9.17) is 0 Å². The van der Waals surface area contributed by atoms with Gasteiger partial charge in [0.15, 0.2) is 14.3 Å². The van der Waals surface area contributed by atoms with Gasteiger partial charge in [0.05, 0.1) is 0 Å². The molecule has 6 aromatic rings. The third-order valence-electron chi connectivity index (χ3n) is 10.6. The molecule has 0 aromatic heterocycles. The number of hydrogen-bond donors (Lipinski definition) is 0. The van der Waals surface area contributed by atoms with Gasteiger partial charge in [-0.2, -0.15) is 0 Å². The maximum Gasteiger partial charge on any atom is 0.171 e. The van der Waals surface area contributed by atoms with Gasteiger partial charge in [-0.1, -0.05) is 93.0 Å². The Balaban J connectivity index is 1.41. The van der Waals surface area contributed by atoms with Crippen LogP contribution in [0.15, 0.2) is 109 Å². The van der Waals surface area contributed by atoms with Crippen molar-refractivity contribution in [3.05, 3.63) is 176 Å². The highest BCUT2D eigenvalue weighted by Gasteiger charge is 2.35. The lowest BCUT2D eigenvalue weighted by molar-refractivity contribution is 0.591. The molecule has 10 rings (SSSR count). The van der Waals surface area contributed by atoms with Crippen LogP contribution >= 0.6 is 14.3 Å². The van der Waals surface area contributed by atoms with Crippen molar-refractivity contribution in [2.45, 2.75) is 81.1 Å². The van der Waals surface area contributed by atoms with E-state index in [9.17, 15) is 0 Å². The van der Waals surface area contributed by atoms with Crippen molar-refractivity contribution < 1.29 is 9.13 Å². The highest BCUT2D eigenvalue weighted by molar-refractivity contribution is 7.85. The Hall–Kier alpha value is -4.22. The van der Waals surface area contributed by atoms with E-state index in [1.165, 1.54) is 0 Å². The smallest absolute Gasteiger partial charge is 0.171 e. The Morgan fingerprint density at radius 2 is 0.577 bits per heavy atom. The van der Waals surface area contributed by atoms with Gasteiger partial charge >= 0.3 is 0 Å². The molecule has 0 N–H and O–H groups in total. The predicted molar refractivity (Wildman–Crippen MR) is 224 cm³/mol. The highest BCUT2D eigenvalue weighted by atomic mass is 31.2. The van der Waals surface area contributed by atoms with Gasteiger partial charge < -0.3 is 9.13 Å². The Labute approximate surface area is 311 Å². The summed E-state index contributed by atoms with van der Waals surface area (Å²) in [7, 11) is -6.50. The number of benzene rings is 6. The van der Waals surface area contributed by atoms with Gasteiger partial charge in [-0.3, -0.25) is 0 Å².